The molecule has 1 N–H and O–H groups in total. The molecule has 1 saturated carbocycles. The van der Waals surface area contributed by atoms with Crippen molar-refractivity contribution in [3.05, 3.63) is 46.8 Å². The third kappa shape index (κ3) is 4.33. The van der Waals surface area contributed by atoms with E-state index in [1.54, 1.807) is 18.7 Å². The van der Waals surface area contributed by atoms with E-state index in [0.717, 1.165) is 36.8 Å². The summed E-state index contributed by atoms with van der Waals surface area (Å²) >= 11 is 0. The average molecular weight is 467 g/mol. The van der Waals surface area contributed by atoms with E-state index < -0.39 is 11.5 Å². The minimum Gasteiger partial charge on any atom is -0.461 e. The second-order valence-electron chi connectivity index (χ2n) is 9.59. The molecule has 2 amide bonds. The highest BCUT2D eigenvalue weighted by Gasteiger charge is 2.50. The lowest BCUT2D eigenvalue weighted by Crippen LogP contribution is -2.65. The molecule has 1 aliphatic heterocycles. The number of aryl methyl sites for hydroxylation is 1. The number of hydrogen-bond donors (Lipinski definition) is 1. The molecule has 1 aromatic heterocycles. The van der Waals surface area contributed by atoms with Gasteiger partial charge in [-0.15, -0.1) is 0 Å². The number of benzene rings is 1. The predicted octanol–water partition coefficient (Wildman–Crippen LogP) is 3.93. The van der Waals surface area contributed by atoms with Gasteiger partial charge in [-0.05, 0) is 57.7 Å². The van der Waals surface area contributed by atoms with Gasteiger partial charge in [0.15, 0.2) is 5.69 Å². The van der Waals surface area contributed by atoms with Crippen LogP contribution in [0.15, 0.2) is 24.3 Å². The molecule has 2 heterocycles. The van der Waals surface area contributed by atoms with Gasteiger partial charge in [0.2, 0.25) is 5.91 Å². The molecule has 1 aromatic carbocycles. The zero-order chi connectivity index (χ0) is 24.5. The van der Waals surface area contributed by atoms with Crippen LogP contribution >= 0.6 is 0 Å². The van der Waals surface area contributed by atoms with E-state index in [4.69, 9.17) is 4.74 Å². The van der Waals surface area contributed by atoms with Crippen LogP contribution in [0.3, 0.4) is 0 Å². The molecule has 182 valence electrons. The van der Waals surface area contributed by atoms with Gasteiger partial charge in [-0.25, -0.2) is 4.79 Å². The van der Waals surface area contributed by atoms with E-state index in [-0.39, 0.29) is 42.4 Å². The van der Waals surface area contributed by atoms with Crippen molar-refractivity contribution in [3.8, 4) is 0 Å². The molecule has 34 heavy (non-hydrogen) atoms. The molecule has 4 rings (SSSR count). The number of fused-ring (bicyclic) bond motifs is 1. The number of nitrogens with one attached hydrogen (secondary N) is 1. The van der Waals surface area contributed by atoms with Crippen LogP contribution in [-0.2, 0) is 16.1 Å². The molecule has 8 nitrogen and oxygen atoms in total. The lowest BCUT2D eigenvalue weighted by Gasteiger charge is -2.44. The first-order valence-corrected chi connectivity index (χ1v) is 12.2. The van der Waals surface area contributed by atoms with E-state index in [1.165, 1.54) is 23.6 Å². The fourth-order valence-corrected chi connectivity index (χ4v) is 5.01. The minimum atomic E-state index is -1.22. The van der Waals surface area contributed by atoms with Crippen molar-refractivity contribution in [1.82, 2.24) is 15.1 Å². The number of carbonyl (C=O) groups is 3. The maximum absolute atomic E-state index is 13.9. The van der Waals surface area contributed by atoms with Crippen LogP contribution in [0.25, 0.3) is 0 Å². The molecule has 1 fully saturated rings. The first kappa shape index (κ1) is 24.0. The Hall–Kier alpha value is -3.16. The van der Waals surface area contributed by atoms with Crippen molar-refractivity contribution in [2.24, 2.45) is 0 Å². The van der Waals surface area contributed by atoms with Gasteiger partial charge in [0, 0.05) is 17.8 Å². The summed E-state index contributed by atoms with van der Waals surface area (Å²) in [7, 11) is 0. The number of ether oxygens (including phenoxy) is 1. The number of carbonyl (C=O) groups excluding carboxylic acids is 3. The van der Waals surface area contributed by atoms with E-state index in [9.17, 15) is 14.4 Å². The summed E-state index contributed by atoms with van der Waals surface area (Å²) in [6.45, 7) is 7.80. The van der Waals surface area contributed by atoms with Crippen LogP contribution in [0.5, 0.6) is 0 Å². The number of rotatable bonds is 5. The van der Waals surface area contributed by atoms with E-state index >= 15 is 0 Å². The molecular weight excluding hydrogens is 432 g/mol. The SMILES string of the molecule is CCOC(=O)c1cc2n(n1)C[C@@](C)(C(=O)NC1CCCCCC1)N(c1cccc(C)c1C)C2=O. The summed E-state index contributed by atoms with van der Waals surface area (Å²) in [6.07, 6.45) is 6.44. The van der Waals surface area contributed by atoms with E-state index in [1.807, 2.05) is 32.0 Å². The minimum absolute atomic E-state index is 0.0690. The van der Waals surface area contributed by atoms with Crippen molar-refractivity contribution in [2.45, 2.75) is 84.3 Å². The number of anilines is 1. The summed E-state index contributed by atoms with van der Waals surface area (Å²) in [5.74, 6) is -1.14. The second kappa shape index (κ2) is 9.60. The Labute approximate surface area is 200 Å². The highest BCUT2D eigenvalue weighted by atomic mass is 16.5. The highest BCUT2D eigenvalue weighted by molar-refractivity contribution is 6.12. The zero-order valence-corrected chi connectivity index (χ0v) is 20.5. The average Bonchev–Trinajstić information content (AvgIpc) is 3.06. The van der Waals surface area contributed by atoms with Gasteiger partial charge in [-0.1, -0.05) is 37.8 Å². The van der Waals surface area contributed by atoms with Crippen LogP contribution in [0, 0.1) is 13.8 Å². The monoisotopic (exact) mass is 466 g/mol. The Morgan fingerprint density at radius 3 is 2.56 bits per heavy atom. The molecular formula is C26H34N4O4. The molecule has 0 radical (unpaired) electrons. The van der Waals surface area contributed by atoms with Crippen LogP contribution in [0.1, 0.15) is 84.5 Å². The Bertz CT molecular complexity index is 1100. The molecule has 0 saturated heterocycles. The first-order chi connectivity index (χ1) is 16.3. The first-order valence-electron chi connectivity index (χ1n) is 12.2. The Morgan fingerprint density at radius 2 is 1.88 bits per heavy atom. The Balaban J connectivity index is 1.77. The Kier molecular flexibility index (Phi) is 6.77. The molecule has 8 heteroatoms. The predicted molar refractivity (Wildman–Crippen MR) is 129 cm³/mol. The van der Waals surface area contributed by atoms with Crippen LogP contribution in [0.2, 0.25) is 0 Å². The third-order valence-electron chi connectivity index (χ3n) is 7.13. The molecule has 1 aliphatic carbocycles. The van der Waals surface area contributed by atoms with Gasteiger partial charge in [0.1, 0.15) is 11.2 Å². The normalized spacial score (nSPS) is 21.1. The topological polar surface area (TPSA) is 93.5 Å². The summed E-state index contributed by atoms with van der Waals surface area (Å²) in [6, 6.07) is 7.30. The zero-order valence-electron chi connectivity index (χ0n) is 20.5. The van der Waals surface area contributed by atoms with Crippen molar-refractivity contribution in [3.63, 3.8) is 0 Å². The van der Waals surface area contributed by atoms with Gasteiger partial charge in [-0.3, -0.25) is 19.2 Å². The lowest BCUT2D eigenvalue weighted by atomic mass is 9.91. The summed E-state index contributed by atoms with van der Waals surface area (Å²) in [4.78, 5) is 41.6. The maximum Gasteiger partial charge on any atom is 0.358 e. The number of nitrogens with zero attached hydrogens (tertiary/aromatic N) is 3. The quantitative estimate of drug-likeness (QED) is 0.532. The summed E-state index contributed by atoms with van der Waals surface area (Å²) in [5.41, 5.74) is 1.77. The summed E-state index contributed by atoms with van der Waals surface area (Å²) < 4.78 is 6.56. The lowest BCUT2D eigenvalue weighted by molar-refractivity contribution is -0.127. The van der Waals surface area contributed by atoms with Gasteiger partial charge >= 0.3 is 5.97 Å². The van der Waals surface area contributed by atoms with E-state index in [0.29, 0.717) is 5.69 Å². The number of aromatic nitrogens is 2. The molecule has 1 atom stereocenters. The second-order valence-corrected chi connectivity index (χ2v) is 9.59. The van der Waals surface area contributed by atoms with Crippen molar-refractivity contribution >= 4 is 23.5 Å². The van der Waals surface area contributed by atoms with Gasteiger partial charge in [-0.2, -0.15) is 5.10 Å². The van der Waals surface area contributed by atoms with Crippen molar-refractivity contribution in [2.75, 3.05) is 11.5 Å². The molecule has 0 unspecified atom stereocenters. The van der Waals surface area contributed by atoms with Crippen molar-refractivity contribution < 1.29 is 19.1 Å². The number of esters is 1. The fourth-order valence-electron chi connectivity index (χ4n) is 5.01. The largest absolute Gasteiger partial charge is 0.461 e. The van der Waals surface area contributed by atoms with Crippen LogP contribution in [-0.4, -0.2) is 45.8 Å². The van der Waals surface area contributed by atoms with Crippen molar-refractivity contribution in [1.29, 1.82) is 0 Å². The molecule has 2 aliphatic rings. The third-order valence-corrected chi connectivity index (χ3v) is 7.13. The highest BCUT2D eigenvalue weighted by Crippen LogP contribution is 2.36. The van der Waals surface area contributed by atoms with Crippen LogP contribution < -0.4 is 10.2 Å². The number of hydrogen-bond acceptors (Lipinski definition) is 5. The van der Waals surface area contributed by atoms with Gasteiger partial charge in [0.05, 0.1) is 13.2 Å². The smallest absolute Gasteiger partial charge is 0.358 e. The van der Waals surface area contributed by atoms with E-state index in [2.05, 4.69) is 10.4 Å². The Morgan fingerprint density at radius 1 is 1.18 bits per heavy atom. The molecule has 0 spiro atoms. The van der Waals surface area contributed by atoms with Gasteiger partial charge < -0.3 is 10.1 Å². The van der Waals surface area contributed by atoms with Gasteiger partial charge in [0.25, 0.3) is 5.91 Å². The standard InChI is InChI=1S/C26H34N4O4/c1-5-34-24(32)20-15-22-23(31)30(21-14-10-11-17(2)18(21)3)26(4,16-29(22)28-20)25(33)27-19-12-8-6-7-9-13-19/h10-11,14-15,19H,5-9,12-13,16H2,1-4H3,(H,27,33)/t26-/m0/s1. The molecule has 0 bridgehead atoms. The fraction of sp³-hybridized carbons (Fsp3) is 0.538. The number of amides is 2. The van der Waals surface area contributed by atoms with Crippen LogP contribution in [0.4, 0.5) is 5.69 Å². The maximum atomic E-state index is 13.9. The molecule has 2 aromatic rings. The summed E-state index contributed by atoms with van der Waals surface area (Å²) in [5, 5.41) is 7.58.